The van der Waals surface area contributed by atoms with Crippen molar-refractivity contribution in [1.82, 2.24) is 4.98 Å². The molecule has 24 heavy (non-hydrogen) atoms. The number of benzene rings is 1. The van der Waals surface area contributed by atoms with Crippen molar-refractivity contribution in [3.8, 4) is 0 Å². The van der Waals surface area contributed by atoms with Crippen LogP contribution in [0.25, 0.3) is 0 Å². The summed E-state index contributed by atoms with van der Waals surface area (Å²) < 4.78 is 1.69. The van der Waals surface area contributed by atoms with Gasteiger partial charge in [-0.1, -0.05) is 12.1 Å². The summed E-state index contributed by atoms with van der Waals surface area (Å²) in [7, 11) is 1.68. The number of aromatic nitrogens is 1. The van der Waals surface area contributed by atoms with Crippen LogP contribution in [0.3, 0.4) is 0 Å². The summed E-state index contributed by atoms with van der Waals surface area (Å²) in [5.41, 5.74) is 0.794. The van der Waals surface area contributed by atoms with Crippen LogP contribution in [0.2, 0.25) is 0 Å². The number of anilines is 2. The minimum absolute atomic E-state index is 0.0441. The zero-order chi connectivity index (χ0) is 17.3. The number of amides is 2. The third kappa shape index (κ3) is 3.37. The first-order chi connectivity index (χ1) is 11.5. The molecule has 1 fully saturated rings. The van der Waals surface area contributed by atoms with E-state index in [0.717, 1.165) is 14.6 Å². The Hall–Kier alpha value is -1.73. The fourth-order valence-corrected chi connectivity index (χ4v) is 3.46. The van der Waals surface area contributed by atoms with Gasteiger partial charge in [-0.25, -0.2) is 4.98 Å². The van der Waals surface area contributed by atoms with E-state index in [1.807, 2.05) is 30.3 Å². The van der Waals surface area contributed by atoms with Gasteiger partial charge in [-0.3, -0.25) is 14.5 Å². The van der Waals surface area contributed by atoms with Gasteiger partial charge in [0.25, 0.3) is 0 Å². The standard InChI is InChI=1S/C17H15Br2N3O2/c1-21(15-7-6-12(18)9-20-15)17(24)11-8-16(23)22(10-11)14-5-3-2-4-13(14)19/h2-7,9,11H,8,10H2,1H3/t11-/m0/s1. The predicted octanol–water partition coefficient (Wildman–Crippen LogP) is 3.62. The van der Waals surface area contributed by atoms with Gasteiger partial charge in [-0.05, 0) is 56.1 Å². The van der Waals surface area contributed by atoms with Crippen molar-refractivity contribution in [3.05, 3.63) is 51.5 Å². The number of nitrogens with zero attached hydrogens (tertiary/aromatic N) is 3. The molecule has 0 unspecified atom stereocenters. The summed E-state index contributed by atoms with van der Waals surface area (Å²) in [6, 6.07) is 11.1. The largest absolute Gasteiger partial charge is 0.310 e. The fraction of sp³-hybridized carbons (Fsp3) is 0.235. The van der Waals surface area contributed by atoms with Crippen LogP contribution in [0.5, 0.6) is 0 Å². The molecule has 2 aromatic rings. The Balaban J connectivity index is 1.76. The molecule has 1 aliphatic rings. The van der Waals surface area contributed by atoms with Crippen molar-refractivity contribution in [2.24, 2.45) is 5.92 Å². The van der Waals surface area contributed by atoms with E-state index in [0.29, 0.717) is 12.4 Å². The van der Waals surface area contributed by atoms with Crippen molar-refractivity contribution in [1.29, 1.82) is 0 Å². The van der Waals surface area contributed by atoms with E-state index < -0.39 is 0 Å². The number of pyridine rings is 1. The van der Waals surface area contributed by atoms with Crippen LogP contribution in [-0.4, -0.2) is 30.4 Å². The number of halogens is 2. The summed E-state index contributed by atoms with van der Waals surface area (Å²) >= 11 is 6.78. The first-order valence-corrected chi connectivity index (χ1v) is 9.00. The molecule has 1 atom stereocenters. The molecule has 0 aliphatic carbocycles. The lowest BCUT2D eigenvalue weighted by Gasteiger charge is -2.21. The minimum atomic E-state index is -0.375. The number of hydrogen-bond donors (Lipinski definition) is 0. The van der Waals surface area contributed by atoms with Gasteiger partial charge >= 0.3 is 0 Å². The van der Waals surface area contributed by atoms with Crippen molar-refractivity contribution in [3.63, 3.8) is 0 Å². The van der Waals surface area contributed by atoms with Gasteiger partial charge < -0.3 is 4.90 Å². The molecule has 1 aromatic heterocycles. The molecular weight excluding hydrogens is 438 g/mol. The molecule has 1 aliphatic heterocycles. The van der Waals surface area contributed by atoms with Crippen LogP contribution in [0.4, 0.5) is 11.5 Å². The van der Waals surface area contributed by atoms with Gasteiger partial charge in [0.15, 0.2) is 0 Å². The Morgan fingerprint density at radius 3 is 2.67 bits per heavy atom. The highest BCUT2D eigenvalue weighted by Gasteiger charge is 2.37. The Bertz CT molecular complexity index is 780. The monoisotopic (exact) mass is 451 g/mol. The zero-order valence-electron chi connectivity index (χ0n) is 12.9. The lowest BCUT2D eigenvalue weighted by Crippen LogP contribution is -2.35. The molecule has 7 heteroatoms. The second kappa shape index (κ2) is 7.03. The number of carbonyl (C=O) groups excluding carboxylic acids is 2. The third-order valence-corrected chi connectivity index (χ3v) is 5.14. The van der Waals surface area contributed by atoms with Gasteiger partial charge in [0, 0.05) is 35.2 Å². The highest BCUT2D eigenvalue weighted by Crippen LogP contribution is 2.32. The van der Waals surface area contributed by atoms with Crippen LogP contribution in [0.1, 0.15) is 6.42 Å². The third-order valence-electron chi connectivity index (χ3n) is 4.00. The second-order valence-electron chi connectivity index (χ2n) is 5.59. The van der Waals surface area contributed by atoms with Crippen LogP contribution >= 0.6 is 31.9 Å². The Kier molecular flexibility index (Phi) is 5.01. The average molecular weight is 453 g/mol. The molecule has 0 saturated carbocycles. The first-order valence-electron chi connectivity index (χ1n) is 7.41. The molecule has 1 saturated heterocycles. The van der Waals surface area contributed by atoms with E-state index in [4.69, 9.17) is 0 Å². The second-order valence-corrected chi connectivity index (χ2v) is 7.36. The lowest BCUT2D eigenvalue weighted by atomic mass is 10.1. The van der Waals surface area contributed by atoms with Gasteiger partial charge in [-0.2, -0.15) is 0 Å². The van der Waals surface area contributed by atoms with E-state index in [1.54, 1.807) is 24.2 Å². The summed E-state index contributed by atoms with van der Waals surface area (Å²) in [6.45, 7) is 0.376. The normalized spacial score (nSPS) is 17.2. The van der Waals surface area contributed by atoms with Crippen LogP contribution in [0.15, 0.2) is 51.5 Å². The molecule has 5 nitrogen and oxygen atoms in total. The molecular formula is C17H15Br2N3O2. The molecule has 2 amide bonds. The molecule has 0 bridgehead atoms. The van der Waals surface area contributed by atoms with E-state index in [9.17, 15) is 9.59 Å². The summed E-state index contributed by atoms with van der Waals surface area (Å²) in [4.78, 5) is 32.5. The highest BCUT2D eigenvalue weighted by atomic mass is 79.9. The highest BCUT2D eigenvalue weighted by molar-refractivity contribution is 9.10. The maximum absolute atomic E-state index is 12.7. The van der Waals surface area contributed by atoms with Crippen molar-refractivity contribution in [2.75, 3.05) is 23.4 Å². The Labute approximate surface area is 156 Å². The lowest BCUT2D eigenvalue weighted by molar-refractivity contribution is -0.124. The molecule has 124 valence electrons. The van der Waals surface area contributed by atoms with E-state index in [1.165, 1.54) is 4.90 Å². The topological polar surface area (TPSA) is 53.5 Å². The fourth-order valence-electron chi connectivity index (χ4n) is 2.73. The van der Waals surface area contributed by atoms with Crippen LogP contribution in [-0.2, 0) is 9.59 Å². The van der Waals surface area contributed by atoms with E-state index in [-0.39, 0.29) is 24.2 Å². The molecule has 3 rings (SSSR count). The number of para-hydroxylation sites is 1. The smallest absolute Gasteiger partial charge is 0.233 e. The Morgan fingerprint density at radius 1 is 1.25 bits per heavy atom. The zero-order valence-corrected chi connectivity index (χ0v) is 16.1. The van der Waals surface area contributed by atoms with Crippen molar-refractivity contribution >= 4 is 55.2 Å². The maximum Gasteiger partial charge on any atom is 0.233 e. The molecule has 0 N–H and O–H groups in total. The van der Waals surface area contributed by atoms with E-state index >= 15 is 0 Å². The van der Waals surface area contributed by atoms with Crippen LogP contribution in [0, 0.1) is 5.92 Å². The minimum Gasteiger partial charge on any atom is -0.310 e. The first kappa shape index (κ1) is 17.1. The number of hydrogen-bond acceptors (Lipinski definition) is 3. The SMILES string of the molecule is CN(C(=O)[C@H]1CC(=O)N(c2ccccc2Br)C1)c1ccc(Br)cn1. The number of rotatable bonds is 3. The molecule has 0 radical (unpaired) electrons. The maximum atomic E-state index is 12.7. The Morgan fingerprint density at radius 2 is 2.00 bits per heavy atom. The van der Waals surface area contributed by atoms with Gasteiger partial charge in [0.1, 0.15) is 5.82 Å². The summed E-state index contributed by atoms with van der Waals surface area (Å²) in [5.74, 6) is 0.0418. The molecule has 1 aromatic carbocycles. The van der Waals surface area contributed by atoms with Gasteiger partial charge in [0.2, 0.25) is 11.8 Å². The van der Waals surface area contributed by atoms with Crippen molar-refractivity contribution < 1.29 is 9.59 Å². The molecule has 2 heterocycles. The summed E-state index contributed by atoms with van der Waals surface area (Å²) in [6.07, 6.45) is 1.85. The van der Waals surface area contributed by atoms with Crippen LogP contribution < -0.4 is 9.80 Å². The van der Waals surface area contributed by atoms with E-state index in [2.05, 4.69) is 36.8 Å². The van der Waals surface area contributed by atoms with Gasteiger partial charge in [0.05, 0.1) is 11.6 Å². The number of carbonyl (C=O) groups is 2. The van der Waals surface area contributed by atoms with Crippen molar-refractivity contribution in [2.45, 2.75) is 6.42 Å². The van der Waals surface area contributed by atoms with Gasteiger partial charge in [-0.15, -0.1) is 0 Å². The average Bonchev–Trinajstić information content (AvgIpc) is 2.96. The predicted molar refractivity (Wildman–Crippen MR) is 99.9 cm³/mol. The summed E-state index contributed by atoms with van der Waals surface area (Å²) in [5, 5.41) is 0. The molecule has 0 spiro atoms. The quantitative estimate of drug-likeness (QED) is 0.714.